The molecule has 1 aliphatic carbocycles. The van der Waals surface area contributed by atoms with E-state index in [4.69, 9.17) is 0 Å². The van der Waals surface area contributed by atoms with Gasteiger partial charge in [0, 0.05) is 38.8 Å². The van der Waals surface area contributed by atoms with Crippen molar-refractivity contribution in [2.45, 2.75) is 45.4 Å². The first-order chi connectivity index (χ1) is 11.6. The summed E-state index contributed by atoms with van der Waals surface area (Å²) in [6, 6.07) is 0. The Kier molecular flexibility index (Phi) is 5.43. The van der Waals surface area contributed by atoms with Crippen molar-refractivity contribution in [3.8, 4) is 0 Å². The molecule has 1 saturated heterocycles. The quantitative estimate of drug-likeness (QED) is 0.847. The van der Waals surface area contributed by atoms with E-state index in [2.05, 4.69) is 9.97 Å². The standard InChI is InChI=1S/C18H26N4O2/c1-14-12-20-16(13-19-14)18(24)22-10-8-21(9-11-22)17(23)7-6-15-4-2-3-5-15/h12-13,15H,2-11H2,1H3. The second-order valence-corrected chi connectivity index (χ2v) is 6.91. The summed E-state index contributed by atoms with van der Waals surface area (Å²) in [5.74, 6) is 0.890. The SMILES string of the molecule is Cc1cnc(C(=O)N2CCN(C(=O)CCC3CCCC3)CC2)cn1. The molecule has 2 heterocycles. The van der Waals surface area contributed by atoms with Crippen molar-refractivity contribution >= 4 is 11.8 Å². The van der Waals surface area contributed by atoms with Gasteiger partial charge in [0.2, 0.25) is 5.91 Å². The highest BCUT2D eigenvalue weighted by Gasteiger charge is 2.26. The summed E-state index contributed by atoms with van der Waals surface area (Å²) in [6.07, 6.45) is 10.0. The van der Waals surface area contributed by atoms with Crippen molar-refractivity contribution in [2.24, 2.45) is 5.92 Å². The Morgan fingerprint density at radius 1 is 1.04 bits per heavy atom. The number of amides is 2. The highest BCUT2D eigenvalue weighted by atomic mass is 16.2. The lowest BCUT2D eigenvalue weighted by atomic mass is 10.0. The third-order valence-electron chi connectivity index (χ3n) is 5.16. The van der Waals surface area contributed by atoms with E-state index >= 15 is 0 Å². The molecule has 0 N–H and O–H groups in total. The van der Waals surface area contributed by atoms with E-state index in [1.807, 2.05) is 11.8 Å². The Morgan fingerprint density at radius 3 is 2.33 bits per heavy atom. The highest BCUT2D eigenvalue weighted by molar-refractivity contribution is 5.92. The van der Waals surface area contributed by atoms with Crippen LogP contribution in [0.15, 0.2) is 12.4 Å². The molecule has 1 saturated carbocycles. The maximum absolute atomic E-state index is 12.4. The molecule has 24 heavy (non-hydrogen) atoms. The minimum atomic E-state index is -0.0967. The monoisotopic (exact) mass is 330 g/mol. The van der Waals surface area contributed by atoms with Gasteiger partial charge in [-0.3, -0.25) is 14.6 Å². The third-order valence-corrected chi connectivity index (χ3v) is 5.16. The molecule has 2 fully saturated rings. The number of aryl methyl sites for hydroxylation is 1. The molecule has 1 aromatic rings. The van der Waals surface area contributed by atoms with Crippen LogP contribution in [0.4, 0.5) is 0 Å². The molecule has 0 bridgehead atoms. The molecule has 0 radical (unpaired) electrons. The summed E-state index contributed by atoms with van der Waals surface area (Å²) in [5.41, 5.74) is 1.17. The lowest BCUT2D eigenvalue weighted by molar-refractivity contribution is -0.133. The molecule has 2 aliphatic rings. The minimum Gasteiger partial charge on any atom is -0.339 e. The normalized spacial score (nSPS) is 18.9. The molecule has 6 nitrogen and oxygen atoms in total. The molecular formula is C18H26N4O2. The van der Waals surface area contributed by atoms with Crippen molar-refractivity contribution in [3.63, 3.8) is 0 Å². The second kappa shape index (κ2) is 7.73. The number of carbonyl (C=O) groups is 2. The van der Waals surface area contributed by atoms with Gasteiger partial charge in [-0.25, -0.2) is 4.98 Å². The highest BCUT2D eigenvalue weighted by Crippen LogP contribution is 2.28. The maximum Gasteiger partial charge on any atom is 0.274 e. The predicted molar refractivity (Wildman–Crippen MR) is 90.4 cm³/mol. The molecule has 0 aromatic carbocycles. The topological polar surface area (TPSA) is 66.4 Å². The van der Waals surface area contributed by atoms with Crippen molar-refractivity contribution in [1.29, 1.82) is 0 Å². The Morgan fingerprint density at radius 2 is 1.71 bits per heavy atom. The summed E-state index contributed by atoms with van der Waals surface area (Å²) < 4.78 is 0. The zero-order valence-electron chi connectivity index (χ0n) is 14.4. The van der Waals surface area contributed by atoms with Gasteiger partial charge in [-0.1, -0.05) is 25.7 Å². The first kappa shape index (κ1) is 16.9. The van der Waals surface area contributed by atoms with Crippen LogP contribution in [-0.2, 0) is 4.79 Å². The zero-order valence-corrected chi connectivity index (χ0v) is 14.4. The largest absolute Gasteiger partial charge is 0.339 e. The lowest BCUT2D eigenvalue weighted by Gasteiger charge is -2.34. The molecule has 3 rings (SSSR count). The van der Waals surface area contributed by atoms with Crippen LogP contribution in [0.5, 0.6) is 0 Å². The number of hydrogen-bond acceptors (Lipinski definition) is 4. The Hall–Kier alpha value is -1.98. The van der Waals surface area contributed by atoms with Crippen LogP contribution in [0.2, 0.25) is 0 Å². The molecule has 0 spiro atoms. The van der Waals surface area contributed by atoms with Gasteiger partial charge in [0.25, 0.3) is 5.91 Å². The number of rotatable bonds is 4. The van der Waals surface area contributed by atoms with Crippen molar-refractivity contribution in [1.82, 2.24) is 19.8 Å². The van der Waals surface area contributed by atoms with Crippen molar-refractivity contribution < 1.29 is 9.59 Å². The fraction of sp³-hybridized carbons (Fsp3) is 0.667. The molecule has 0 atom stereocenters. The van der Waals surface area contributed by atoms with Gasteiger partial charge in [0.15, 0.2) is 0 Å². The number of carbonyl (C=O) groups excluding carboxylic acids is 2. The first-order valence-electron chi connectivity index (χ1n) is 8.99. The number of aromatic nitrogens is 2. The van der Waals surface area contributed by atoms with E-state index in [-0.39, 0.29) is 11.8 Å². The number of piperazine rings is 1. The van der Waals surface area contributed by atoms with Gasteiger partial charge in [-0.05, 0) is 19.3 Å². The average Bonchev–Trinajstić information content (AvgIpc) is 3.13. The molecule has 2 amide bonds. The molecule has 6 heteroatoms. The Bertz CT molecular complexity index is 573. The fourth-order valence-corrected chi connectivity index (χ4v) is 3.61. The molecule has 1 aliphatic heterocycles. The van der Waals surface area contributed by atoms with E-state index in [9.17, 15) is 9.59 Å². The summed E-state index contributed by atoms with van der Waals surface area (Å²) in [6.45, 7) is 4.23. The fourth-order valence-electron chi connectivity index (χ4n) is 3.61. The summed E-state index contributed by atoms with van der Waals surface area (Å²) in [7, 11) is 0. The van der Waals surface area contributed by atoms with Crippen molar-refractivity contribution in [3.05, 3.63) is 23.8 Å². The van der Waals surface area contributed by atoms with E-state index < -0.39 is 0 Å². The van der Waals surface area contributed by atoms with Crippen LogP contribution in [0, 0.1) is 12.8 Å². The second-order valence-electron chi connectivity index (χ2n) is 6.91. The molecule has 1 aromatic heterocycles. The smallest absolute Gasteiger partial charge is 0.274 e. The van der Waals surface area contributed by atoms with Gasteiger partial charge < -0.3 is 9.80 Å². The Labute approximate surface area is 143 Å². The average molecular weight is 330 g/mol. The zero-order chi connectivity index (χ0) is 16.9. The number of nitrogens with zero attached hydrogens (tertiary/aromatic N) is 4. The van der Waals surface area contributed by atoms with Gasteiger partial charge in [0.1, 0.15) is 5.69 Å². The van der Waals surface area contributed by atoms with Crippen LogP contribution in [0.3, 0.4) is 0 Å². The minimum absolute atomic E-state index is 0.0967. The van der Waals surface area contributed by atoms with Crippen LogP contribution < -0.4 is 0 Å². The van der Waals surface area contributed by atoms with Crippen LogP contribution >= 0.6 is 0 Å². The van der Waals surface area contributed by atoms with E-state index in [1.54, 1.807) is 11.1 Å². The third kappa shape index (κ3) is 4.10. The first-order valence-corrected chi connectivity index (χ1v) is 8.99. The van der Waals surface area contributed by atoms with Crippen LogP contribution in [0.25, 0.3) is 0 Å². The molecule has 0 unspecified atom stereocenters. The maximum atomic E-state index is 12.4. The summed E-state index contributed by atoms with van der Waals surface area (Å²) in [5, 5.41) is 0. The number of hydrogen-bond donors (Lipinski definition) is 0. The lowest BCUT2D eigenvalue weighted by Crippen LogP contribution is -2.50. The Balaban J connectivity index is 1.45. The summed E-state index contributed by atoms with van der Waals surface area (Å²) >= 11 is 0. The molecular weight excluding hydrogens is 304 g/mol. The van der Waals surface area contributed by atoms with Crippen molar-refractivity contribution in [2.75, 3.05) is 26.2 Å². The van der Waals surface area contributed by atoms with E-state index in [1.165, 1.54) is 31.9 Å². The van der Waals surface area contributed by atoms with Gasteiger partial charge in [-0.15, -0.1) is 0 Å². The van der Waals surface area contributed by atoms with Gasteiger partial charge >= 0.3 is 0 Å². The molecule has 130 valence electrons. The summed E-state index contributed by atoms with van der Waals surface area (Å²) in [4.78, 5) is 36.7. The predicted octanol–water partition coefficient (Wildman–Crippen LogP) is 2.04. The van der Waals surface area contributed by atoms with Crippen LogP contribution in [-0.4, -0.2) is 57.8 Å². The van der Waals surface area contributed by atoms with Gasteiger partial charge in [-0.2, -0.15) is 0 Å². The van der Waals surface area contributed by atoms with E-state index in [0.717, 1.165) is 18.0 Å². The van der Waals surface area contributed by atoms with Crippen LogP contribution in [0.1, 0.15) is 54.7 Å². The van der Waals surface area contributed by atoms with Gasteiger partial charge in [0.05, 0.1) is 11.9 Å². The van der Waals surface area contributed by atoms with E-state index in [0.29, 0.717) is 38.3 Å².